The van der Waals surface area contributed by atoms with Crippen molar-refractivity contribution in [2.45, 2.75) is 43.9 Å². The van der Waals surface area contributed by atoms with Crippen molar-refractivity contribution >= 4 is 0 Å². The molecule has 4 heteroatoms. The van der Waals surface area contributed by atoms with Crippen LogP contribution in [0.15, 0.2) is 24.3 Å². The van der Waals surface area contributed by atoms with Gasteiger partial charge in [-0.25, -0.2) is 0 Å². The van der Waals surface area contributed by atoms with Crippen LogP contribution in [0.4, 0.5) is 0 Å². The number of aliphatic hydroxyl groups excluding tert-OH is 1. The molecule has 0 fully saturated rings. The molecule has 2 aliphatic heterocycles. The molecule has 3 atom stereocenters. The lowest BCUT2D eigenvalue weighted by Gasteiger charge is -2.35. The quantitative estimate of drug-likeness (QED) is 0.851. The van der Waals surface area contributed by atoms with Crippen molar-refractivity contribution in [3.63, 3.8) is 0 Å². The Bertz CT molecular complexity index is 627. The maximum atomic E-state index is 10.0. The molecule has 0 unspecified atom stereocenters. The van der Waals surface area contributed by atoms with E-state index >= 15 is 0 Å². The van der Waals surface area contributed by atoms with Gasteiger partial charge >= 0.3 is 0 Å². The van der Waals surface area contributed by atoms with E-state index in [4.69, 9.17) is 9.47 Å². The number of hydrogen-bond acceptors (Lipinski definition) is 4. The number of benzene rings is 1. The SMILES string of the molecule is CCN1CC[C@]23C=C[C@H](O)C[C@H]2Oc2c(OC)ccc(c23)C1. The van der Waals surface area contributed by atoms with Crippen molar-refractivity contribution in [3.8, 4) is 11.5 Å². The third kappa shape index (κ3) is 1.83. The predicted molar refractivity (Wildman–Crippen MR) is 84.4 cm³/mol. The van der Waals surface area contributed by atoms with Gasteiger partial charge in [0.2, 0.25) is 0 Å². The van der Waals surface area contributed by atoms with Gasteiger partial charge in [0, 0.05) is 18.5 Å². The Morgan fingerprint density at radius 3 is 3.09 bits per heavy atom. The van der Waals surface area contributed by atoms with Crippen LogP contribution in [0.25, 0.3) is 0 Å². The lowest BCUT2D eigenvalue weighted by Crippen LogP contribution is -2.43. The van der Waals surface area contributed by atoms with Gasteiger partial charge in [0.25, 0.3) is 0 Å². The Balaban J connectivity index is 1.92. The van der Waals surface area contributed by atoms with Gasteiger partial charge in [-0.15, -0.1) is 0 Å². The van der Waals surface area contributed by atoms with E-state index in [1.807, 2.05) is 12.1 Å². The van der Waals surface area contributed by atoms with Crippen LogP contribution in [-0.2, 0) is 12.0 Å². The highest BCUT2D eigenvalue weighted by Crippen LogP contribution is 2.55. The summed E-state index contributed by atoms with van der Waals surface area (Å²) in [5.41, 5.74) is 2.51. The third-order valence-corrected chi connectivity index (χ3v) is 5.48. The average molecular weight is 301 g/mol. The molecule has 118 valence electrons. The highest BCUT2D eigenvalue weighted by atomic mass is 16.5. The van der Waals surface area contributed by atoms with Gasteiger partial charge in [0.15, 0.2) is 11.5 Å². The molecule has 1 N–H and O–H groups in total. The zero-order valence-corrected chi connectivity index (χ0v) is 13.2. The summed E-state index contributed by atoms with van der Waals surface area (Å²) in [4.78, 5) is 2.48. The van der Waals surface area contributed by atoms with Crippen LogP contribution in [0.3, 0.4) is 0 Å². The van der Waals surface area contributed by atoms with Gasteiger partial charge in [-0.1, -0.05) is 25.1 Å². The summed E-state index contributed by atoms with van der Waals surface area (Å²) in [7, 11) is 1.69. The average Bonchev–Trinajstić information content (AvgIpc) is 2.76. The fourth-order valence-corrected chi connectivity index (χ4v) is 4.26. The Morgan fingerprint density at radius 1 is 1.45 bits per heavy atom. The summed E-state index contributed by atoms with van der Waals surface area (Å²) in [6, 6.07) is 4.19. The van der Waals surface area contributed by atoms with Crippen LogP contribution in [0, 0.1) is 0 Å². The van der Waals surface area contributed by atoms with Crippen molar-refractivity contribution in [3.05, 3.63) is 35.4 Å². The number of methoxy groups -OCH3 is 1. The highest BCUT2D eigenvalue weighted by Gasteiger charge is 2.52. The van der Waals surface area contributed by atoms with Crippen molar-refractivity contribution in [2.75, 3.05) is 20.2 Å². The maximum Gasteiger partial charge on any atom is 0.166 e. The molecular weight excluding hydrogens is 278 g/mol. The molecule has 1 aliphatic carbocycles. The standard InChI is InChI=1S/C18H23NO3/c1-3-19-9-8-18-7-6-13(20)10-15(18)22-17-14(21-2)5-4-12(11-19)16(17)18/h4-7,13,15,20H,3,8-11H2,1-2H3/t13-,15+,18+/m0/s1. The van der Waals surface area contributed by atoms with Gasteiger partial charge in [-0.2, -0.15) is 0 Å². The number of rotatable bonds is 2. The second-order valence-electron chi connectivity index (χ2n) is 6.56. The van der Waals surface area contributed by atoms with Crippen LogP contribution >= 0.6 is 0 Å². The van der Waals surface area contributed by atoms with E-state index in [1.54, 1.807) is 7.11 Å². The van der Waals surface area contributed by atoms with Gasteiger partial charge in [-0.05, 0) is 31.1 Å². The molecule has 1 spiro atoms. The van der Waals surface area contributed by atoms with Crippen LogP contribution in [0.5, 0.6) is 11.5 Å². The molecule has 0 bridgehead atoms. The van der Waals surface area contributed by atoms with Crippen LogP contribution in [0.2, 0.25) is 0 Å². The number of nitrogens with zero attached hydrogens (tertiary/aromatic N) is 1. The minimum Gasteiger partial charge on any atom is -0.493 e. The number of hydrogen-bond donors (Lipinski definition) is 1. The van der Waals surface area contributed by atoms with Crippen molar-refractivity contribution in [2.24, 2.45) is 0 Å². The first-order valence-corrected chi connectivity index (χ1v) is 8.14. The molecule has 0 saturated heterocycles. The van der Waals surface area contributed by atoms with Crippen LogP contribution in [-0.4, -0.2) is 42.4 Å². The molecular formula is C18H23NO3. The molecule has 4 rings (SSSR count). The lowest BCUT2D eigenvalue weighted by atomic mass is 9.69. The summed E-state index contributed by atoms with van der Waals surface area (Å²) >= 11 is 0. The molecule has 4 nitrogen and oxygen atoms in total. The topological polar surface area (TPSA) is 41.9 Å². The minimum atomic E-state index is -0.412. The largest absolute Gasteiger partial charge is 0.493 e. The van der Waals surface area contributed by atoms with E-state index in [0.717, 1.165) is 37.6 Å². The number of aliphatic hydroxyl groups is 1. The molecule has 0 amide bonds. The van der Waals surface area contributed by atoms with E-state index in [1.165, 1.54) is 11.1 Å². The summed E-state index contributed by atoms with van der Waals surface area (Å²) in [6.07, 6.45) is 5.42. The maximum absolute atomic E-state index is 10.0. The first-order chi connectivity index (χ1) is 10.7. The van der Waals surface area contributed by atoms with Crippen molar-refractivity contribution in [1.29, 1.82) is 0 Å². The van der Waals surface area contributed by atoms with E-state index in [0.29, 0.717) is 6.42 Å². The molecule has 3 aliphatic rings. The van der Waals surface area contributed by atoms with E-state index in [-0.39, 0.29) is 11.5 Å². The van der Waals surface area contributed by atoms with Gasteiger partial charge in [-0.3, -0.25) is 4.90 Å². The number of ether oxygens (including phenoxy) is 2. The minimum absolute atomic E-state index is 0.00866. The smallest absolute Gasteiger partial charge is 0.166 e. The fourth-order valence-electron chi connectivity index (χ4n) is 4.26. The monoisotopic (exact) mass is 301 g/mol. The zero-order chi connectivity index (χ0) is 15.3. The summed E-state index contributed by atoms with van der Waals surface area (Å²) < 4.78 is 11.8. The summed E-state index contributed by atoms with van der Waals surface area (Å²) in [6.45, 7) is 5.27. The Kier molecular flexibility index (Phi) is 3.20. The second-order valence-corrected chi connectivity index (χ2v) is 6.56. The normalized spacial score (nSPS) is 32.9. The summed E-state index contributed by atoms with van der Waals surface area (Å²) in [5.74, 6) is 1.70. The Hall–Kier alpha value is -1.52. The molecule has 0 saturated carbocycles. The van der Waals surface area contributed by atoms with E-state index in [9.17, 15) is 5.11 Å². The molecule has 1 aromatic rings. The van der Waals surface area contributed by atoms with Crippen LogP contribution in [0.1, 0.15) is 30.9 Å². The first-order valence-electron chi connectivity index (χ1n) is 8.14. The van der Waals surface area contributed by atoms with E-state index in [2.05, 4.69) is 24.0 Å². The molecule has 2 heterocycles. The van der Waals surface area contributed by atoms with Gasteiger partial charge in [0.05, 0.1) is 18.6 Å². The fraction of sp³-hybridized carbons (Fsp3) is 0.556. The molecule has 0 aromatic heterocycles. The predicted octanol–water partition coefficient (Wildman–Crippen LogP) is 2.24. The molecule has 1 aromatic carbocycles. The highest BCUT2D eigenvalue weighted by molar-refractivity contribution is 5.60. The zero-order valence-electron chi connectivity index (χ0n) is 13.2. The summed E-state index contributed by atoms with van der Waals surface area (Å²) in [5, 5.41) is 10.0. The first kappa shape index (κ1) is 14.1. The Morgan fingerprint density at radius 2 is 2.32 bits per heavy atom. The van der Waals surface area contributed by atoms with Crippen molar-refractivity contribution in [1.82, 2.24) is 4.90 Å². The third-order valence-electron chi connectivity index (χ3n) is 5.48. The Labute approximate surface area is 131 Å². The molecule has 22 heavy (non-hydrogen) atoms. The van der Waals surface area contributed by atoms with Gasteiger partial charge in [0.1, 0.15) is 6.10 Å². The second kappa shape index (κ2) is 5.00. The van der Waals surface area contributed by atoms with Gasteiger partial charge < -0.3 is 14.6 Å². The lowest BCUT2D eigenvalue weighted by molar-refractivity contribution is 0.0813. The van der Waals surface area contributed by atoms with Crippen LogP contribution < -0.4 is 9.47 Å². The van der Waals surface area contributed by atoms with E-state index < -0.39 is 6.10 Å². The molecule has 0 radical (unpaired) electrons. The van der Waals surface area contributed by atoms with Crippen molar-refractivity contribution < 1.29 is 14.6 Å².